The Kier molecular flexibility index (Phi) is 6.90. The minimum absolute atomic E-state index is 0.253. The molecule has 5 rings (SSSR count). The molecule has 0 unspecified atom stereocenters. The summed E-state index contributed by atoms with van der Waals surface area (Å²) in [6.45, 7) is 8.63. The van der Waals surface area contributed by atoms with Gasteiger partial charge in [0.2, 0.25) is 5.90 Å². The van der Waals surface area contributed by atoms with Gasteiger partial charge in [0.05, 0.1) is 21.1 Å². The van der Waals surface area contributed by atoms with Crippen molar-refractivity contribution in [1.82, 2.24) is 9.55 Å². The van der Waals surface area contributed by atoms with Gasteiger partial charge in [0.25, 0.3) is 0 Å². The Morgan fingerprint density at radius 1 is 0.949 bits per heavy atom. The van der Waals surface area contributed by atoms with E-state index in [1.54, 1.807) is 18.2 Å². The van der Waals surface area contributed by atoms with Crippen LogP contribution in [0.5, 0.6) is 0 Å². The third kappa shape index (κ3) is 5.36. The monoisotopic (exact) mass is 581 g/mol. The number of aliphatic imine (C=N–C) groups is 1. The van der Waals surface area contributed by atoms with Crippen molar-refractivity contribution in [2.24, 2.45) is 4.99 Å². The molecule has 1 aliphatic heterocycles. The van der Waals surface area contributed by atoms with Gasteiger partial charge in [-0.15, -0.1) is 0 Å². The van der Waals surface area contributed by atoms with E-state index in [2.05, 4.69) is 13.8 Å². The van der Waals surface area contributed by atoms with Crippen molar-refractivity contribution in [3.05, 3.63) is 100 Å². The van der Waals surface area contributed by atoms with Gasteiger partial charge in [-0.1, -0.05) is 59.6 Å². The van der Waals surface area contributed by atoms with Crippen LogP contribution in [0.25, 0.3) is 16.8 Å². The second-order valence-corrected chi connectivity index (χ2v) is 13.7. The van der Waals surface area contributed by atoms with Gasteiger partial charge in [-0.25, -0.2) is 18.4 Å². The van der Waals surface area contributed by atoms with Gasteiger partial charge in [0.15, 0.2) is 9.84 Å². The molecule has 0 spiro atoms. The lowest BCUT2D eigenvalue weighted by Crippen LogP contribution is -2.24. The van der Waals surface area contributed by atoms with Crippen LogP contribution >= 0.6 is 23.2 Å². The molecule has 0 saturated carbocycles. The molecule has 39 heavy (non-hydrogen) atoms. The van der Waals surface area contributed by atoms with Crippen LogP contribution in [0.2, 0.25) is 10.0 Å². The molecule has 6 nitrogen and oxygen atoms in total. The van der Waals surface area contributed by atoms with Crippen LogP contribution in [0.15, 0.2) is 82.8 Å². The third-order valence-electron chi connectivity index (χ3n) is 6.80. The largest absolute Gasteiger partial charge is 0.474 e. The van der Waals surface area contributed by atoms with Crippen molar-refractivity contribution in [2.45, 2.75) is 43.5 Å². The van der Waals surface area contributed by atoms with Gasteiger partial charge in [-0.2, -0.15) is 0 Å². The summed E-state index contributed by atoms with van der Waals surface area (Å²) >= 11 is 13.5. The maximum absolute atomic E-state index is 12.1. The minimum atomic E-state index is -3.34. The average Bonchev–Trinajstić information content (AvgIpc) is 3.47. The van der Waals surface area contributed by atoms with E-state index < -0.39 is 15.3 Å². The Morgan fingerprint density at radius 2 is 1.67 bits per heavy atom. The van der Waals surface area contributed by atoms with E-state index in [4.69, 9.17) is 37.9 Å². The van der Waals surface area contributed by atoms with Gasteiger partial charge in [-0.3, -0.25) is 0 Å². The summed E-state index contributed by atoms with van der Waals surface area (Å²) in [4.78, 5) is 9.99. The summed E-state index contributed by atoms with van der Waals surface area (Å²) in [5.41, 5.74) is 2.86. The summed E-state index contributed by atoms with van der Waals surface area (Å²) in [7, 11) is -3.34. The number of hydrogen-bond acceptors (Lipinski definition) is 5. The fourth-order valence-corrected chi connectivity index (χ4v) is 6.01. The van der Waals surface area contributed by atoms with E-state index in [-0.39, 0.29) is 10.4 Å². The summed E-state index contributed by atoms with van der Waals surface area (Å²) in [5, 5.41) is 1.12. The highest BCUT2D eigenvalue weighted by molar-refractivity contribution is 7.90. The van der Waals surface area contributed by atoms with Crippen molar-refractivity contribution in [2.75, 3.05) is 12.9 Å². The second-order valence-electron chi connectivity index (χ2n) is 10.9. The number of rotatable bonds is 6. The van der Waals surface area contributed by atoms with E-state index in [1.165, 1.54) is 6.26 Å². The van der Waals surface area contributed by atoms with Crippen molar-refractivity contribution in [1.29, 1.82) is 0 Å². The summed E-state index contributed by atoms with van der Waals surface area (Å²) in [6, 6.07) is 20.2. The highest BCUT2D eigenvalue weighted by Gasteiger charge is 2.35. The zero-order valence-electron chi connectivity index (χ0n) is 22.4. The Balaban J connectivity index is 1.65. The second kappa shape index (κ2) is 9.81. The predicted molar refractivity (Wildman–Crippen MR) is 157 cm³/mol. The summed E-state index contributed by atoms with van der Waals surface area (Å²) in [5.74, 6) is 1.20. The van der Waals surface area contributed by atoms with Crippen LogP contribution in [0.1, 0.15) is 44.8 Å². The van der Waals surface area contributed by atoms with E-state index >= 15 is 0 Å². The highest BCUT2D eigenvalue weighted by atomic mass is 35.5. The van der Waals surface area contributed by atoms with Gasteiger partial charge < -0.3 is 9.30 Å². The first kappa shape index (κ1) is 27.4. The van der Waals surface area contributed by atoms with Crippen LogP contribution in [0.3, 0.4) is 0 Å². The molecule has 4 aromatic rings. The normalized spacial score (nSPS) is 15.2. The maximum Gasteiger partial charge on any atom is 0.237 e. The van der Waals surface area contributed by atoms with Gasteiger partial charge in [0, 0.05) is 22.9 Å². The number of halogens is 2. The quantitative estimate of drug-likeness (QED) is 0.243. The molecule has 0 aliphatic carbocycles. The van der Waals surface area contributed by atoms with Crippen molar-refractivity contribution < 1.29 is 13.2 Å². The van der Waals surface area contributed by atoms with Crippen LogP contribution in [0.4, 0.5) is 0 Å². The first-order valence-corrected chi connectivity index (χ1v) is 15.1. The number of aromatic nitrogens is 2. The van der Waals surface area contributed by atoms with E-state index in [0.717, 1.165) is 22.5 Å². The molecule has 3 aromatic carbocycles. The number of nitrogens with zero attached hydrogens (tertiary/aromatic N) is 3. The zero-order valence-corrected chi connectivity index (χ0v) is 24.7. The molecule has 0 saturated heterocycles. The van der Waals surface area contributed by atoms with Crippen LogP contribution in [0, 0.1) is 0 Å². The molecule has 1 aliphatic rings. The number of sulfone groups is 1. The minimum Gasteiger partial charge on any atom is -0.474 e. The smallest absolute Gasteiger partial charge is 0.237 e. The molecule has 0 amide bonds. The van der Waals surface area contributed by atoms with Crippen molar-refractivity contribution in [3.63, 3.8) is 0 Å². The van der Waals surface area contributed by atoms with E-state index in [0.29, 0.717) is 33.9 Å². The van der Waals surface area contributed by atoms with Crippen LogP contribution in [-0.2, 0) is 20.0 Å². The third-order valence-corrected chi connectivity index (χ3v) is 8.54. The summed E-state index contributed by atoms with van der Waals surface area (Å²) in [6.07, 6.45) is 3.08. The van der Waals surface area contributed by atoms with Gasteiger partial charge in [-0.05, 0) is 74.7 Å². The molecular weight excluding hydrogens is 553 g/mol. The van der Waals surface area contributed by atoms with Crippen LogP contribution in [-0.4, -0.2) is 42.3 Å². The topological polar surface area (TPSA) is 73.5 Å². The van der Waals surface area contributed by atoms with Crippen LogP contribution < -0.4 is 0 Å². The number of ether oxygens (including phenoxy) is 1. The molecule has 0 radical (unpaired) electrons. The highest BCUT2D eigenvalue weighted by Crippen LogP contribution is 2.38. The van der Waals surface area contributed by atoms with Gasteiger partial charge >= 0.3 is 0 Å². The number of benzene rings is 3. The first-order chi connectivity index (χ1) is 18.3. The first-order valence-electron chi connectivity index (χ1n) is 12.4. The number of imidazole rings is 1. The molecule has 9 heteroatoms. The predicted octanol–water partition coefficient (Wildman–Crippen LogP) is 7.13. The zero-order chi connectivity index (χ0) is 28.2. The fraction of sp³-hybridized carbons (Fsp3) is 0.267. The Bertz CT molecular complexity index is 1720. The molecule has 0 bridgehead atoms. The standard InChI is InChI=1S/C30H29Cl2N3O3S/c1-29(2)18-38-27(34-29)25-17-35(28(33-25)30(3,4)22-11-6-7-12-23(22)31)26-14-13-20(16-24(26)32)19-9-8-10-21(15-19)39(5,36)37/h6-17H,18H2,1-5H3. The molecule has 0 N–H and O–H groups in total. The Morgan fingerprint density at radius 3 is 2.31 bits per heavy atom. The maximum atomic E-state index is 12.1. The molecule has 0 fully saturated rings. The van der Waals surface area contributed by atoms with Gasteiger partial charge in [0.1, 0.15) is 18.1 Å². The average molecular weight is 583 g/mol. The number of hydrogen-bond donors (Lipinski definition) is 0. The summed E-state index contributed by atoms with van der Waals surface area (Å²) < 4.78 is 32.0. The lowest BCUT2D eigenvalue weighted by molar-refractivity contribution is 0.279. The SMILES string of the molecule is CC1(C)COC(c2cn(-c3ccc(-c4cccc(S(C)(=O)=O)c4)cc3Cl)c(C(C)(C)c3ccccc3Cl)n2)=N1. The molecule has 202 valence electrons. The van der Waals surface area contributed by atoms with E-state index in [9.17, 15) is 8.42 Å². The fourth-order valence-electron chi connectivity index (χ4n) is 4.70. The molecule has 2 heterocycles. The van der Waals surface area contributed by atoms with Crippen molar-refractivity contribution >= 4 is 38.9 Å². The lowest BCUT2D eigenvalue weighted by Gasteiger charge is -2.27. The molecular formula is C30H29Cl2N3O3S. The Hall–Kier alpha value is -3.13. The molecule has 0 atom stereocenters. The van der Waals surface area contributed by atoms with E-state index in [1.807, 2.05) is 73.1 Å². The Labute approximate surface area is 239 Å². The molecule has 1 aromatic heterocycles. The van der Waals surface area contributed by atoms with Crippen molar-refractivity contribution in [3.8, 4) is 16.8 Å². The lowest BCUT2D eigenvalue weighted by atomic mass is 9.83.